The van der Waals surface area contributed by atoms with Crippen molar-refractivity contribution in [1.29, 1.82) is 5.26 Å². The van der Waals surface area contributed by atoms with Crippen molar-refractivity contribution in [1.82, 2.24) is 4.67 Å². The first kappa shape index (κ1) is 19.4. The minimum atomic E-state index is -1.10. The van der Waals surface area contributed by atoms with Gasteiger partial charge < -0.3 is 9.05 Å². The van der Waals surface area contributed by atoms with Crippen molar-refractivity contribution in [2.75, 3.05) is 13.2 Å². The molecule has 0 aliphatic carbocycles. The molecule has 0 fully saturated rings. The van der Waals surface area contributed by atoms with E-state index in [9.17, 15) is 0 Å². The summed E-state index contributed by atoms with van der Waals surface area (Å²) in [7, 11) is -1.10. The van der Waals surface area contributed by atoms with E-state index in [1.807, 2.05) is 0 Å². The maximum atomic E-state index is 8.61. The Balaban J connectivity index is 4.38. The van der Waals surface area contributed by atoms with E-state index in [4.69, 9.17) is 20.7 Å². The fraction of sp³-hybridized carbons (Fsp3) is 0.800. The summed E-state index contributed by atoms with van der Waals surface area (Å²) in [5.74, 6) is 2.63. The Morgan fingerprint density at radius 2 is 1.65 bits per heavy atom. The highest BCUT2D eigenvalue weighted by molar-refractivity contribution is 7.44. The average Bonchev–Trinajstić information content (AvgIpc) is 2.37. The number of nitriles is 1. The molecule has 1 atom stereocenters. The summed E-state index contributed by atoms with van der Waals surface area (Å²) < 4.78 is 13.9. The number of rotatable bonds is 11. The zero-order valence-corrected chi connectivity index (χ0v) is 14.0. The molecule has 0 aromatic heterocycles. The van der Waals surface area contributed by atoms with Gasteiger partial charge in [-0.05, 0) is 40.5 Å². The highest BCUT2D eigenvalue weighted by atomic mass is 31.2. The van der Waals surface area contributed by atoms with Crippen LogP contribution < -0.4 is 0 Å². The highest BCUT2D eigenvalue weighted by Crippen LogP contribution is 2.46. The van der Waals surface area contributed by atoms with Crippen LogP contribution in [0.5, 0.6) is 0 Å². The molecule has 0 aromatic rings. The molecule has 114 valence electrons. The molecule has 0 bridgehead atoms. The van der Waals surface area contributed by atoms with Crippen LogP contribution in [0.4, 0.5) is 0 Å². The molecule has 0 aromatic carbocycles. The van der Waals surface area contributed by atoms with Gasteiger partial charge >= 0.3 is 0 Å². The highest BCUT2D eigenvalue weighted by Gasteiger charge is 2.26. The van der Waals surface area contributed by atoms with E-state index < -0.39 is 8.53 Å². The lowest BCUT2D eigenvalue weighted by molar-refractivity contribution is 0.174. The van der Waals surface area contributed by atoms with Gasteiger partial charge in [0.25, 0.3) is 8.53 Å². The van der Waals surface area contributed by atoms with E-state index >= 15 is 0 Å². The first-order chi connectivity index (χ1) is 9.54. The minimum absolute atomic E-state index is 0.342. The topological polar surface area (TPSA) is 45.5 Å². The molecule has 5 heteroatoms. The van der Waals surface area contributed by atoms with Gasteiger partial charge in [-0.15, -0.1) is 12.3 Å². The van der Waals surface area contributed by atoms with Crippen LogP contribution in [0.1, 0.15) is 53.4 Å². The summed E-state index contributed by atoms with van der Waals surface area (Å²) in [5.41, 5.74) is 0. The smallest absolute Gasteiger partial charge is 0.259 e. The molecule has 0 radical (unpaired) electrons. The third kappa shape index (κ3) is 8.51. The summed E-state index contributed by atoms with van der Waals surface area (Å²) in [5, 5.41) is 8.61. The Labute approximate surface area is 125 Å². The zero-order valence-electron chi connectivity index (χ0n) is 13.1. The Morgan fingerprint density at radius 3 is 2.15 bits per heavy atom. The van der Waals surface area contributed by atoms with E-state index in [2.05, 4.69) is 44.4 Å². The third-order valence-corrected chi connectivity index (χ3v) is 4.69. The Kier molecular flexibility index (Phi) is 11.7. The number of hydrogen-bond donors (Lipinski definition) is 0. The number of terminal acetylenes is 1. The maximum Gasteiger partial charge on any atom is 0.259 e. The Morgan fingerprint density at radius 1 is 1.05 bits per heavy atom. The van der Waals surface area contributed by atoms with Crippen LogP contribution in [0.25, 0.3) is 0 Å². The van der Waals surface area contributed by atoms with E-state index in [-0.39, 0.29) is 0 Å². The quantitative estimate of drug-likeness (QED) is 0.327. The van der Waals surface area contributed by atoms with Crippen LogP contribution in [-0.2, 0) is 9.05 Å². The lowest BCUT2D eigenvalue weighted by Gasteiger charge is -2.35. The Hall–Kier alpha value is -0.640. The molecule has 4 nitrogen and oxygen atoms in total. The molecule has 1 unspecified atom stereocenters. The summed E-state index contributed by atoms with van der Waals surface area (Å²) in [6.07, 6.45) is 8.32. The molecular formula is C15H27N2O2P. The normalized spacial score (nSPS) is 12.7. The van der Waals surface area contributed by atoms with Crippen molar-refractivity contribution >= 4 is 8.53 Å². The first-order valence-corrected chi connectivity index (χ1v) is 8.32. The SMILES string of the molecule is C#CCCCCOP(OCCC#N)N(C(C)C)C(C)C. The van der Waals surface area contributed by atoms with Crippen molar-refractivity contribution in [3.8, 4) is 18.4 Å². The summed E-state index contributed by atoms with van der Waals surface area (Å²) in [4.78, 5) is 0. The monoisotopic (exact) mass is 298 g/mol. The fourth-order valence-electron chi connectivity index (χ4n) is 1.79. The molecule has 0 heterocycles. The van der Waals surface area contributed by atoms with Gasteiger partial charge in [-0.25, -0.2) is 4.67 Å². The summed E-state index contributed by atoms with van der Waals surface area (Å²) in [6.45, 7) is 9.59. The van der Waals surface area contributed by atoms with Gasteiger partial charge in [0, 0.05) is 18.5 Å². The largest absolute Gasteiger partial charge is 0.322 e. The van der Waals surface area contributed by atoms with Crippen LogP contribution >= 0.6 is 8.53 Å². The van der Waals surface area contributed by atoms with Gasteiger partial charge in [0.1, 0.15) is 0 Å². The van der Waals surface area contributed by atoms with E-state index in [0.717, 1.165) is 19.3 Å². The third-order valence-electron chi connectivity index (χ3n) is 2.58. The number of unbranched alkanes of at least 4 members (excludes halogenated alkanes) is 2. The van der Waals surface area contributed by atoms with Gasteiger partial charge in [0.05, 0.1) is 25.7 Å². The van der Waals surface area contributed by atoms with Crippen molar-refractivity contribution < 1.29 is 9.05 Å². The lowest BCUT2D eigenvalue weighted by atomic mass is 10.2. The van der Waals surface area contributed by atoms with E-state index in [0.29, 0.717) is 31.7 Å². The number of hydrogen-bond acceptors (Lipinski definition) is 4. The van der Waals surface area contributed by atoms with Crippen molar-refractivity contribution in [2.24, 2.45) is 0 Å². The lowest BCUT2D eigenvalue weighted by Crippen LogP contribution is -2.33. The van der Waals surface area contributed by atoms with Crippen LogP contribution in [0.15, 0.2) is 0 Å². The molecule has 0 saturated heterocycles. The molecule has 20 heavy (non-hydrogen) atoms. The maximum absolute atomic E-state index is 8.61. The predicted molar refractivity (Wildman–Crippen MR) is 83.8 cm³/mol. The molecule has 0 amide bonds. The molecule has 0 saturated carbocycles. The average molecular weight is 298 g/mol. The second kappa shape index (κ2) is 12.1. The van der Waals surface area contributed by atoms with Crippen LogP contribution in [0.2, 0.25) is 0 Å². The summed E-state index contributed by atoms with van der Waals surface area (Å²) >= 11 is 0. The molecule has 0 spiro atoms. The molecule has 0 N–H and O–H groups in total. The minimum Gasteiger partial charge on any atom is -0.322 e. The van der Waals surface area contributed by atoms with Gasteiger partial charge in [-0.3, -0.25) is 0 Å². The standard InChI is InChI=1S/C15H27N2O2P/c1-6-7-8-9-12-18-20(19-13-10-11-16)17(14(2)3)15(4)5/h1,14-15H,7-10,12-13H2,2-5H3. The van der Waals surface area contributed by atoms with E-state index in [1.54, 1.807) is 0 Å². The molecule has 0 aliphatic rings. The first-order valence-electron chi connectivity index (χ1n) is 7.19. The van der Waals surface area contributed by atoms with Gasteiger partial charge in [0.15, 0.2) is 0 Å². The van der Waals surface area contributed by atoms with Crippen molar-refractivity contribution in [3.05, 3.63) is 0 Å². The second-order valence-corrected chi connectivity index (χ2v) is 6.50. The van der Waals surface area contributed by atoms with Gasteiger partial charge in [-0.2, -0.15) is 5.26 Å². The molecule has 0 aliphatic heterocycles. The van der Waals surface area contributed by atoms with Gasteiger partial charge in [0.2, 0.25) is 0 Å². The van der Waals surface area contributed by atoms with Crippen molar-refractivity contribution in [2.45, 2.75) is 65.5 Å². The van der Waals surface area contributed by atoms with Crippen molar-refractivity contribution in [3.63, 3.8) is 0 Å². The second-order valence-electron chi connectivity index (χ2n) is 5.04. The van der Waals surface area contributed by atoms with Crippen LogP contribution in [0, 0.1) is 23.7 Å². The van der Waals surface area contributed by atoms with Crippen LogP contribution in [0.3, 0.4) is 0 Å². The zero-order chi connectivity index (χ0) is 15.4. The molecule has 0 rings (SSSR count). The van der Waals surface area contributed by atoms with Crippen LogP contribution in [-0.4, -0.2) is 30.0 Å². The summed E-state index contributed by atoms with van der Waals surface area (Å²) in [6, 6.07) is 2.78. The predicted octanol–water partition coefficient (Wildman–Crippen LogP) is 4.08. The molecular weight excluding hydrogens is 271 g/mol. The fourth-order valence-corrected chi connectivity index (χ4v) is 3.41. The Bertz CT molecular complexity index is 313. The number of nitrogens with zero attached hydrogens (tertiary/aromatic N) is 2. The van der Waals surface area contributed by atoms with Gasteiger partial charge in [-0.1, -0.05) is 0 Å². The van der Waals surface area contributed by atoms with E-state index in [1.165, 1.54) is 0 Å².